The van der Waals surface area contributed by atoms with Gasteiger partial charge in [-0.05, 0) is 31.0 Å². The van der Waals surface area contributed by atoms with Crippen LogP contribution in [0.2, 0.25) is 0 Å². The number of nitrogens with zero attached hydrogens (tertiary/aromatic N) is 3. The van der Waals surface area contributed by atoms with E-state index in [4.69, 9.17) is 5.73 Å². The Bertz CT molecular complexity index is 1220. The van der Waals surface area contributed by atoms with E-state index in [1.165, 1.54) is 0 Å². The minimum atomic E-state index is -0.277. The molecule has 0 aliphatic heterocycles. The Morgan fingerprint density at radius 1 is 0.931 bits per heavy atom. The number of rotatable bonds is 4. The van der Waals surface area contributed by atoms with E-state index in [0.29, 0.717) is 11.4 Å². The lowest BCUT2D eigenvalue weighted by atomic mass is 10.0. The minimum absolute atomic E-state index is 0.133. The van der Waals surface area contributed by atoms with Crippen molar-refractivity contribution < 1.29 is 4.79 Å². The van der Waals surface area contributed by atoms with Crippen LogP contribution in [0.5, 0.6) is 0 Å². The van der Waals surface area contributed by atoms with Gasteiger partial charge >= 0.3 is 0 Å². The highest BCUT2D eigenvalue weighted by atomic mass is 16.2. The molecule has 6 nitrogen and oxygen atoms in total. The summed E-state index contributed by atoms with van der Waals surface area (Å²) < 4.78 is 0. The highest BCUT2D eigenvalue weighted by Gasteiger charge is 2.27. The number of carbonyl (C=O) groups is 1. The quantitative estimate of drug-likeness (QED) is 0.560. The monoisotopic (exact) mass is 381 g/mol. The zero-order chi connectivity index (χ0) is 19.8. The van der Waals surface area contributed by atoms with Gasteiger partial charge in [-0.15, -0.1) is 0 Å². The predicted molar refractivity (Wildman–Crippen MR) is 113 cm³/mol. The molecule has 6 heteroatoms. The summed E-state index contributed by atoms with van der Waals surface area (Å²) in [5, 5.41) is 3.94. The van der Waals surface area contributed by atoms with Crippen LogP contribution in [0.3, 0.4) is 0 Å². The third kappa shape index (κ3) is 3.40. The molecule has 5 rings (SSSR count). The second kappa shape index (κ2) is 6.98. The number of nitrogens with two attached hydrogens (primary N) is 1. The lowest BCUT2D eigenvalue weighted by molar-refractivity contribution is 0.0947. The van der Waals surface area contributed by atoms with Gasteiger partial charge in [0.15, 0.2) is 11.5 Å². The summed E-state index contributed by atoms with van der Waals surface area (Å²) in [7, 11) is 0. The van der Waals surface area contributed by atoms with Gasteiger partial charge in [0.2, 0.25) is 0 Å². The number of amides is 1. The van der Waals surface area contributed by atoms with Crippen molar-refractivity contribution in [3.63, 3.8) is 0 Å². The first-order chi connectivity index (χ1) is 14.2. The van der Waals surface area contributed by atoms with Crippen LogP contribution in [0, 0.1) is 0 Å². The first kappa shape index (κ1) is 17.3. The molecule has 0 atom stereocenters. The molecule has 1 aliphatic carbocycles. The van der Waals surface area contributed by atoms with Gasteiger partial charge in [0.05, 0.1) is 16.9 Å². The first-order valence-electron chi connectivity index (χ1n) is 9.58. The third-order valence-electron chi connectivity index (χ3n) is 4.97. The van der Waals surface area contributed by atoms with E-state index in [2.05, 4.69) is 20.3 Å². The highest BCUT2D eigenvalue weighted by Crippen LogP contribution is 2.32. The van der Waals surface area contributed by atoms with Crippen LogP contribution in [-0.4, -0.2) is 26.9 Å². The van der Waals surface area contributed by atoms with Crippen LogP contribution in [-0.2, 0) is 0 Å². The molecule has 2 aromatic heterocycles. The Morgan fingerprint density at radius 2 is 1.72 bits per heavy atom. The number of carbonyl (C=O) groups excluding carboxylic acids is 1. The average molecular weight is 381 g/mol. The smallest absolute Gasteiger partial charge is 0.273 e. The van der Waals surface area contributed by atoms with Crippen LogP contribution >= 0.6 is 0 Å². The summed E-state index contributed by atoms with van der Waals surface area (Å²) in [6.45, 7) is 0. The molecule has 29 heavy (non-hydrogen) atoms. The van der Waals surface area contributed by atoms with Crippen LogP contribution < -0.4 is 11.1 Å². The molecule has 0 unspecified atom stereocenters. The summed E-state index contributed by atoms with van der Waals surface area (Å²) in [6.07, 6.45) is 3.75. The molecule has 1 fully saturated rings. The number of anilines is 1. The topological polar surface area (TPSA) is 93.8 Å². The average Bonchev–Trinajstić information content (AvgIpc) is 3.57. The Hall–Kier alpha value is -3.80. The van der Waals surface area contributed by atoms with Gasteiger partial charge in [-0.3, -0.25) is 9.78 Å². The Labute approximate surface area is 167 Å². The predicted octanol–water partition coefficient (Wildman–Crippen LogP) is 3.83. The van der Waals surface area contributed by atoms with Crippen molar-refractivity contribution in [3.05, 3.63) is 72.6 Å². The zero-order valence-corrected chi connectivity index (χ0v) is 15.7. The van der Waals surface area contributed by atoms with E-state index in [-0.39, 0.29) is 23.5 Å². The summed E-state index contributed by atoms with van der Waals surface area (Å²) in [5.74, 6) is -0.144. The number of nitrogens with one attached hydrogen (secondary N) is 1. The summed E-state index contributed by atoms with van der Waals surface area (Å²) in [5.41, 5.74) is 10.2. The molecular weight excluding hydrogens is 362 g/mol. The third-order valence-corrected chi connectivity index (χ3v) is 4.97. The summed E-state index contributed by atoms with van der Waals surface area (Å²) in [6, 6.07) is 19.8. The van der Waals surface area contributed by atoms with Crippen molar-refractivity contribution in [1.29, 1.82) is 0 Å². The van der Waals surface area contributed by atoms with Gasteiger partial charge in [-0.25, -0.2) is 9.97 Å². The zero-order valence-electron chi connectivity index (χ0n) is 15.7. The summed E-state index contributed by atoms with van der Waals surface area (Å²) in [4.78, 5) is 26.3. The second-order valence-electron chi connectivity index (χ2n) is 7.18. The first-order valence-corrected chi connectivity index (χ1v) is 9.58. The van der Waals surface area contributed by atoms with E-state index in [0.717, 1.165) is 34.9 Å². The molecule has 142 valence electrons. The molecule has 1 amide bonds. The highest BCUT2D eigenvalue weighted by molar-refractivity contribution is 5.98. The molecule has 0 spiro atoms. The van der Waals surface area contributed by atoms with Crippen LogP contribution in [0.4, 0.5) is 5.82 Å². The molecule has 3 N–H and O–H groups in total. The standard InChI is InChI=1S/C23H19N5O/c24-22-21(23(29)26-17-9-10-17)27-20(19(28-22)14-5-2-1-3-6-14)16-8-11-18-15(13-16)7-4-12-25-18/h1-8,11-13,17H,9-10H2,(H2,24,28)(H,26,29). The fourth-order valence-electron chi connectivity index (χ4n) is 3.32. The Morgan fingerprint density at radius 3 is 2.52 bits per heavy atom. The molecular formula is C23H19N5O. The SMILES string of the molecule is Nc1nc(-c2ccccc2)c(-c2ccc3ncccc3c2)nc1C(=O)NC1CC1. The van der Waals surface area contributed by atoms with Crippen LogP contribution in [0.25, 0.3) is 33.4 Å². The van der Waals surface area contributed by atoms with E-state index in [9.17, 15) is 4.79 Å². The van der Waals surface area contributed by atoms with Crippen molar-refractivity contribution in [2.45, 2.75) is 18.9 Å². The van der Waals surface area contributed by atoms with Gasteiger partial charge in [0, 0.05) is 28.8 Å². The molecule has 4 aromatic rings. The number of hydrogen-bond acceptors (Lipinski definition) is 5. The van der Waals surface area contributed by atoms with Gasteiger partial charge in [-0.2, -0.15) is 0 Å². The van der Waals surface area contributed by atoms with Crippen LogP contribution in [0.1, 0.15) is 23.3 Å². The van der Waals surface area contributed by atoms with E-state index < -0.39 is 0 Å². The van der Waals surface area contributed by atoms with E-state index >= 15 is 0 Å². The van der Waals surface area contributed by atoms with E-state index in [1.54, 1.807) is 6.20 Å². The van der Waals surface area contributed by atoms with Crippen LogP contribution in [0.15, 0.2) is 66.9 Å². The molecule has 1 aliphatic rings. The van der Waals surface area contributed by atoms with Crippen molar-refractivity contribution in [2.75, 3.05) is 5.73 Å². The maximum absolute atomic E-state index is 12.7. The van der Waals surface area contributed by atoms with Gasteiger partial charge in [-0.1, -0.05) is 42.5 Å². The second-order valence-corrected chi connectivity index (χ2v) is 7.18. The number of aromatic nitrogens is 3. The van der Waals surface area contributed by atoms with Gasteiger partial charge in [0.25, 0.3) is 5.91 Å². The molecule has 2 aromatic carbocycles. The lowest BCUT2D eigenvalue weighted by Gasteiger charge is -2.13. The van der Waals surface area contributed by atoms with E-state index in [1.807, 2.05) is 60.7 Å². The molecule has 2 heterocycles. The molecule has 0 bridgehead atoms. The Kier molecular flexibility index (Phi) is 4.17. The van der Waals surface area contributed by atoms with Crippen molar-refractivity contribution in [2.24, 2.45) is 0 Å². The lowest BCUT2D eigenvalue weighted by Crippen LogP contribution is -2.28. The summed E-state index contributed by atoms with van der Waals surface area (Å²) >= 11 is 0. The molecule has 0 radical (unpaired) electrons. The molecule has 0 saturated heterocycles. The largest absolute Gasteiger partial charge is 0.382 e. The fraction of sp³-hybridized carbons (Fsp3) is 0.130. The number of pyridine rings is 1. The number of nitrogen functional groups attached to an aromatic ring is 1. The van der Waals surface area contributed by atoms with Gasteiger partial charge < -0.3 is 11.1 Å². The number of hydrogen-bond donors (Lipinski definition) is 2. The fourth-order valence-corrected chi connectivity index (χ4v) is 3.32. The molecule has 1 saturated carbocycles. The Balaban J connectivity index is 1.69. The maximum atomic E-state index is 12.7. The normalized spacial score (nSPS) is 13.4. The van der Waals surface area contributed by atoms with Crippen molar-refractivity contribution in [3.8, 4) is 22.5 Å². The number of fused-ring (bicyclic) bond motifs is 1. The number of benzene rings is 2. The van der Waals surface area contributed by atoms with Crippen molar-refractivity contribution in [1.82, 2.24) is 20.3 Å². The van der Waals surface area contributed by atoms with Crippen molar-refractivity contribution >= 4 is 22.6 Å². The van der Waals surface area contributed by atoms with Gasteiger partial charge in [0.1, 0.15) is 0 Å². The minimum Gasteiger partial charge on any atom is -0.382 e. The maximum Gasteiger partial charge on any atom is 0.273 e.